The normalized spacial score (nSPS) is 18.6. The number of rotatable bonds is 12. The van der Waals surface area contributed by atoms with Crippen LogP contribution in [0.2, 0.25) is 0 Å². The molecule has 2 N–H and O–H groups in total. The first kappa shape index (κ1) is 26.7. The molecule has 33 heavy (non-hydrogen) atoms. The molecule has 1 saturated heterocycles. The number of aryl methyl sites for hydroxylation is 1. The van der Waals surface area contributed by atoms with Crippen LogP contribution in [-0.2, 0) is 9.53 Å². The fourth-order valence-electron chi connectivity index (χ4n) is 4.98. The molecule has 1 aliphatic rings. The molecule has 1 aromatic carbocycles. The lowest BCUT2D eigenvalue weighted by Crippen LogP contribution is -2.40. The number of carbonyl (C=O) groups is 2. The minimum atomic E-state index is -0.495. The molecule has 0 aliphatic carbocycles. The number of hydrogen-bond acceptors (Lipinski definition) is 8. The largest absolute Gasteiger partial charge is 0.515 e. The van der Waals surface area contributed by atoms with E-state index in [9.17, 15) is 14.7 Å². The highest BCUT2D eigenvalue weighted by atomic mass is 16.5. The van der Waals surface area contributed by atoms with Crippen molar-refractivity contribution >= 4 is 17.9 Å². The number of nitrogens with one attached hydrogen (secondary N) is 1. The minimum absolute atomic E-state index is 0.156. The molecule has 0 bridgehead atoms. The standard InChI is InChI=1S/C25H39N3O5/c1-7-18(20(12-26-3)21(15-29)25(31)33-6)13-28-11-10-19(14-28)27(4)24-17(2)8-9-23(32-5)22(24)16-30/h8-9,15-16,18-20,26,29H,7,10-14H2,1-6H3/b21-15+. The summed E-state index contributed by atoms with van der Waals surface area (Å²) in [5.41, 5.74) is 2.83. The fraction of sp³-hybridized carbons (Fsp3) is 0.600. The van der Waals surface area contributed by atoms with Crippen molar-refractivity contribution in [2.45, 2.75) is 32.7 Å². The van der Waals surface area contributed by atoms with Gasteiger partial charge in [0.25, 0.3) is 0 Å². The number of ether oxygens (including phenoxy) is 2. The summed E-state index contributed by atoms with van der Waals surface area (Å²) in [7, 11) is 6.79. The van der Waals surface area contributed by atoms with Crippen molar-refractivity contribution in [1.29, 1.82) is 0 Å². The van der Waals surface area contributed by atoms with Gasteiger partial charge in [0, 0.05) is 45.2 Å². The summed E-state index contributed by atoms with van der Waals surface area (Å²) in [6.45, 7) is 7.27. The SMILES string of the molecule is CCC(CN1CCC(N(C)c2c(C)ccc(OC)c2C=O)C1)C(CNC)/C(=C\O)C(=O)OC. The third-order valence-corrected chi connectivity index (χ3v) is 6.83. The van der Waals surface area contributed by atoms with Crippen LogP contribution in [0.4, 0.5) is 5.69 Å². The number of aliphatic hydroxyl groups is 1. The zero-order valence-corrected chi connectivity index (χ0v) is 20.8. The van der Waals surface area contributed by atoms with Crippen LogP contribution in [0.1, 0.15) is 35.7 Å². The number of benzene rings is 1. The monoisotopic (exact) mass is 461 g/mol. The van der Waals surface area contributed by atoms with Gasteiger partial charge in [-0.15, -0.1) is 0 Å². The smallest absolute Gasteiger partial charge is 0.337 e. The Hall–Kier alpha value is -2.58. The fourth-order valence-corrected chi connectivity index (χ4v) is 4.98. The first-order chi connectivity index (χ1) is 15.9. The van der Waals surface area contributed by atoms with Crippen LogP contribution in [0.3, 0.4) is 0 Å². The number of methoxy groups -OCH3 is 2. The van der Waals surface area contributed by atoms with Gasteiger partial charge < -0.3 is 29.7 Å². The third kappa shape index (κ3) is 6.06. The second-order valence-electron chi connectivity index (χ2n) is 8.69. The Morgan fingerprint density at radius 2 is 2.12 bits per heavy atom. The van der Waals surface area contributed by atoms with Crippen LogP contribution in [-0.4, -0.2) is 82.8 Å². The number of nitrogens with zero attached hydrogens (tertiary/aromatic N) is 2. The Labute approximate surface area is 197 Å². The van der Waals surface area contributed by atoms with E-state index in [1.54, 1.807) is 7.11 Å². The highest BCUT2D eigenvalue weighted by Crippen LogP contribution is 2.34. The summed E-state index contributed by atoms with van der Waals surface area (Å²) in [6, 6.07) is 4.07. The number of anilines is 1. The van der Waals surface area contributed by atoms with E-state index < -0.39 is 5.97 Å². The molecule has 0 saturated carbocycles. The molecule has 2 rings (SSSR count). The first-order valence-electron chi connectivity index (χ1n) is 11.5. The van der Waals surface area contributed by atoms with E-state index in [0.29, 0.717) is 23.4 Å². The van der Waals surface area contributed by atoms with Gasteiger partial charge in [-0.25, -0.2) is 4.79 Å². The number of likely N-dealkylation sites (N-methyl/N-ethyl adjacent to an activating group) is 1. The second-order valence-corrected chi connectivity index (χ2v) is 8.69. The minimum Gasteiger partial charge on any atom is -0.515 e. The molecule has 8 heteroatoms. The summed E-state index contributed by atoms with van der Waals surface area (Å²) in [6.07, 6.45) is 3.60. The van der Waals surface area contributed by atoms with E-state index in [0.717, 1.165) is 56.3 Å². The quantitative estimate of drug-likeness (QED) is 0.213. The topological polar surface area (TPSA) is 91.3 Å². The predicted octanol–water partition coefficient (Wildman–Crippen LogP) is 2.80. The van der Waals surface area contributed by atoms with Crippen LogP contribution in [0.15, 0.2) is 24.0 Å². The number of likely N-dealkylation sites (tertiary alicyclic amines) is 1. The average molecular weight is 462 g/mol. The van der Waals surface area contributed by atoms with Crippen LogP contribution in [0.5, 0.6) is 5.75 Å². The second kappa shape index (κ2) is 12.6. The van der Waals surface area contributed by atoms with Gasteiger partial charge >= 0.3 is 5.97 Å². The number of esters is 1. The van der Waals surface area contributed by atoms with Gasteiger partial charge in [0.2, 0.25) is 0 Å². The van der Waals surface area contributed by atoms with Gasteiger partial charge in [-0.05, 0) is 37.9 Å². The number of aldehydes is 1. The number of hydrogen-bond donors (Lipinski definition) is 2. The van der Waals surface area contributed by atoms with Crippen LogP contribution < -0.4 is 15.0 Å². The van der Waals surface area contributed by atoms with Gasteiger partial charge in [-0.2, -0.15) is 0 Å². The van der Waals surface area contributed by atoms with Crippen LogP contribution in [0, 0.1) is 18.8 Å². The van der Waals surface area contributed by atoms with Crippen molar-refractivity contribution in [2.75, 3.05) is 59.4 Å². The lowest BCUT2D eigenvalue weighted by atomic mass is 9.83. The Bertz CT molecular complexity index is 842. The molecule has 3 atom stereocenters. The summed E-state index contributed by atoms with van der Waals surface area (Å²) in [5.74, 6) is 0.101. The first-order valence-corrected chi connectivity index (χ1v) is 11.5. The maximum Gasteiger partial charge on any atom is 0.337 e. The van der Waals surface area contributed by atoms with Crippen LogP contribution >= 0.6 is 0 Å². The highest BCUT2D eigenvalue weighted by Gasteiger charge is 2.34. The van der Waals surface area contributed by atoms with E-state index in [-0.39, 0.29) is 17.9 Å². The predicted molar refractivity (Wildman–Crippen MR) is 130 cm³/mol. The Morgan fingerprint density at radius 1 is 1.39 bits per heavy atom. The van der Waals surface area contributed by atoms with Gasteiger partial charge in [0.05, 0.1) is 37.3 Å². The van der Waals surface area contributed by atoms with Gasteiger partial charge in [-0.1, -0.05) is 19.4 Å². The molecule has 0 amide bonds. The van der Waals surface area contributed by atoms with Crippen molar-refractivity contribution in [1.82, 2.24) is 10.2 Å². The molecule has 8 nitrogen and oxygen atoms in total. The van der Waals surface area contributed by atoms with Crippen molar-refractivity contribution < 1.29 is 24.2 Å². The molecule has 1 fully saturated rings. The summed E-state index contributed by atoms with van der Waals surface area (Å²) >= 11 is 0. The molecule has 1 heterocycles. The highest BCUT2D eigenvalue weighted by molar-refractivity contribution is 5.90. The summed E-state index contributed by atoms with van der Waals surface area (Å²) < 4.78 is 10.3. The Morgan fingerprint density at radius 3 is 2.67 bits per heavy atom. The molecule has 184 valence electrons. The maximum absolute atomic E-state index is 12.2. The molecular weight excluding hydrogens is 422 g/mol. The van der Waals surface area contributed by atoms with Crippen molar-refractivity contribution in [2.24, 2.45) is 11.8 Å². The molecule has 0 radical (unpaired) electrons. The molecule has 0 aromatic heterocycles. The zero-order chi connectivity index (χ0) is 24.5. The van der Waals surface area contributed by atoms with E-state index in [1.807, 2.05) is 33.2 Å². The van der Waals surface area contributed by atoms with Crippen molar-refractivity contribution in [3.8, 4) is 5.75 Å². The Kier molecular flexibility index (Phi) is 10.2. The van der Waals surface area contributed by atoms with E-state index in [2.05, 4.69) is 22.0 Å². The van der Waals surface area contributed by atoms with E-state index in [1.165, 1.54) is 7.11 Å². The summed E-state index contributed by atoms with van der Waals surface area (Å²) in [4.78, 5) is 28.7. The molecular formula is C25H39N3O5. The lowest BCUT2D eigenvalue weighted by molar-refractivity contribution is -0.137. The lowest BCUT2D eigenvalue weighted by Gasteiger charge is -2.32. The van der Waals surface area contributed by atoms with Crippen LogP contribution in [0.25, 0.3) is 0 Å². The molecule has 1 aromatic rings. The van der Waals surface area contributed by atoms with E-state index in [4.69, 9.17) is 9.47 Å². The van der Waals surface area contributed by atoms with Gasteiger partial charge in [0.1, 0.15) is 5.75 Å². The van der Waals surface area contributed by atoms with E-state index >= 15 is 0 Å². The molecule has 0 spiro atoms. The molecule has 1 aliphatic heterocycles. The maximum atomic E-state index is 12.2. The summed E-state index contributed by atoms with van der Waals surface area (Å²) in [5, 5.41) is 12.9. The van der Waals surface area contributed by atoms with Crippen molar-refractivity contribution in [3.63, 3.8) is 0 Å². The van der Waals surface area contributed by atoms with Gasteiger partial charge in [-0.3, -0.25) is 4.79 Å². The Balaban J connectivity index is 2.18. The zero-order valence-electron chi connectivity index (χ0n) is 20.8. The van der Waals surface area contributed by atoms with Gasteiger partial charge in [0.15, 0.2) is 6.29 Å². The number of carbonyl (C=O) groups excluding carboxylic acids is 2. The third-order valence-electron chi connectivity index (χ3n) is 6.83. The number of aliphatic hydroxyl groups excluding tert-OH is 1. The van der Waals surface area contributed by atoms with Crippen molar-refractivity contribution in [3.05, 3.63) is 35.1 Å². The molecule has 3 unspecified atom stereocenters. The average Bonchev–Trinajstić information content (AvgIpc) is 3.30.